The first-order valence-corrected chi connectivity index (χ1v) is 6.95. The molecule has 19 heavy (non-hydrogen) atoms. The summed E-state index contributed by atoms with van der Waals surface area (Å²) in [6, 6.07) is 6.46. The fraction of sp³-hybridized carbons (Fsp3) is 0.600. The summed E-state index contributed by atoms with van der Waals surface area (Å²) in [6.07, 6.45) is 2.41. The summed E-state index contributed by atoms with van der Waals surface area (Å²) in [7, 11) is 3.42. The van der Waals surface area contributed by atoms with Crippen LogP contribution in [0.4, 0.5) is 5.69 Å². The quantitative estimate of drug-likeness (QED) is 0.908. The van der Waals surface area contributed by atoms with E-state index >= 15 is 0 Å². The summed E-state index contributed by atoms with van der Waals surface area (Å²) in [5.41, 5.74) is 1.12. The Morgan fingerprint density at radius 2 is 2.05 bits per heavy atom. The third kappa shape index (κ3) is 3.53. The smallest absolute Gasteiger partial charge is 0.142 e. The first kappa shape index (κ1) is 14.0. The van der Waals surface area contributed by atoms with Crippen LogP contribution >= 0.6 is 0 Å². The van der Waals surface area contributed by atoms with Crippen molar-refractivity contribution < 1.29 is 9.47 Å². The van der Waals surface area contributed by atoms with E-state index in [2.05, 4.69) is 23.2 Å². The normalized spacial score (nSPS) is 20.6. The molecule has 0 aliphatic carbocycles. The Morgan fingerprint density at radius 3 is 2.79 bits per heavy atom. The minimum atomic E-state index is 0.483. The predicted octanol–water partition coefficient (Wildman–Crippen LogP) is 2.28. The van der Waals surface area contributed by atoms with Crippen molar-refractivity contribution in [1.29, 1.82) is 0 Å². The van der Waals surface area contributed by atoms with E-state index < -0.39 is 0 Å². The molecule has 1 atom stereocenters. The van der Waals surface area contributed by atoms with E-state index in [1.54, 1.807) is 14.2 Å². The van der Waals surface area contributed by atoms with Crippen LogP contribution < -0.4 is 19.7 Å². The molecule has 0 bridgehead atoms. The van der Waals surface area contributed by atoms with Crippen LogP contribution in [0.15, 0.2) is 18.2 Å². The molecular formula is C15H24N2O2. The molecule has 0 radical (unpaired) electrons. The lowest BCUT2D eigenvalue weighted by molar-refractivity contribution is 0.400. The lowest BCUT2D eigenvalue weighted by Gasteiger charge is -2.32. The monoisotopic (exact) mass is 264 g/mol. The highest BCUT2D eigenvalue weighted by molar-refractivity contribution is 5.61. The van der Waals surface area contributed by atoms with Gasteiger partial charge in [0.2, 0.25) is 0 Å². The summed E-state index contributed by atoms with van der Waals surface area (Å²) in [6.45, 7) is 5.40. The minimum absolute atomic E-state index is 0.483. The zero-order valence-corrected chi connectivity index (χ0v) is 12.1. The Morgan fingerprint density at radius 1 is 1.21 bits per heavy atom. The van der Waals surface area contributed by atoms with Crippen molar-refractivity contribution in [3.8, 4) is 11.5 Å². The highest BCUT2D eigenvalue weighted by atomic mass is 16.5. The van der Waals surface area contributed by atoms with Gasteiger partial charge in [0.05, 0.1) is 19.9 Å². The average molecular weight is 264 g/mol. The summed E-state index contributed by atoms with van der Waals surface area (Å²) in [4.78, 5) is 2.39. The molecule has 1 saturated heterocycles. The van der Waals surface area contributed by atoms with E-state index in [4.69, 9.17) is 9.47 Å². The van der Waals surface area contributed by atoms with Crippen molar-refractivity contribution >= 4 is 5.69 Å². The van der Waals surface area contributed by atoms with Crippen LogP contribution in [0.1, 0.15) is 19.8 Å². The number of anilines is 1. The topological polar surface area (TPSA) is 33.7 Å². The van der Waals surface area contributed by atoms with Crippen LogP contribution in [0.3, 0.4) is 0 Å². The maximum absolute atomic E-state index is 5.49. The Hall–Kier alpha value is -1.42. The molecule has 0 amide bonds. The summed E-state index contributed by atoms with van der Waals surface area (Å²) in [5.74, 6) is 1.78. The number of hydrogen-bond donors (Lipinski definition) is 1. The Balaban J connectivity index is 2.25. The van der Waals surface area contributed by atoms with Gasteiger partial charge >= 0.3 is 0 Å². The lowest BCUT2D eigenvalue weighted by atomic mass is 10.1. The molecule has 106 valence electrons. The summed E-state index contributed by atoms with van der Waals surface area (Å²) < 4.78 is 10.8. The van der Waals surface area contributed by atoms with Gasteiger partial charge in [-0.05, 0) is 38.4 Å². The molecule has 1 aliphatic rings. The molecule has 4 heteroatoms. The third-order valence-corrected chi connectivity index (χ3v) is 3.57. The molecular weight excluding hydrogens is 240 g/mol. The molecule has 0 saturated carbocycles. The molecule has 1 aromatic carbocycles. The van der Waals surface area contributed by atoms with Crippen LogP contribution in [-0.2, 0) is 0 Å². The number of ether oxygens (including phenoxy) is 2. The fourth-order valence-corrected chi connectivity index (χ4v) is 2.53. The molecule has 1 unspecified atom stereocenters. The van der Waals surface area contributed by atoms with Gasteiger partial charge in [-0.25, -0.2) is 0 Å². The molecule has 1 heterocycles. The van der Waals surface area contributed by atoms with Gasteiger partial charge < -0.3 is 19.7 Å². The van der Waals surface area contributed by atoms with Crippen molar-refractivity contribution in [1.82, 2.24) is 5.32 Å². The van der Waals surface area contributed by atoms with Crippen molar-refractivity contribution in [3.05, 3.63) is 18.2 Å². The van der Waals surface area contributed by atoms with Crippen molar-refractivity contribution in [2.45, 2.75) is 25.8 Å². The molecule has 4 nitrogen and oxygen atoms in total. The molecule has 1 fully saturated rings. The lowest BCUT2D eigenvalue weighted by Crippen LogP contribution is -2.42. The number of methoxy groups -OCH3 is 2. The number of nitrogens with zero attached hydrogens (tertiary/aromatic N) is 1. The second-order valence-corrected chi connectivity index (χ2v) is 5.05. The number of hydrogen-bond acceptors (Lipinski definition) is 4. The van der Waals surface area contributed by atoms with Gasteiger partial charge in [0.1, 0.15) is 11.5 Å². The zero-order valence-electron chi connectivity index (χ0n) is 12.1. The summed E-state index contributed by atoms with van der Waals surface area (Å²) in [5, 5.41) is 3.54. The Bertz CT molecular complexity index is 409. The number of benzene rings is 1. The standard InChI is InChI=1S/C15H24N2O2/c1-12-11-17(9-5-4-8-16-12)14-10-13(18-2)6-7-15(14)19-3/h6-7,10,12,16H,4-5,8-9,11H2,1-3H3. The van der Waals surface area contributed by atoms with Gasteiger partial charge in [-0.3, -0.25) is 0 Å². The largest absolute Gasteiger partial charge is 0.497 e. The van der Waals surface area contributed by atoms with Crippen molar-refractivity contribution in [2.24, 2.45) is 0 Å². The number of nitrogens with one attached hydrogen (secondary N) is 1. The van der Waals surface area contributed by atoms with Gasteiger partial charge in [0.25, 0.3) is 0 Å². The SMILES string of the molecule is COc1ccc(OC)c(N2CCCCNC(C)C2)c1. The molecule has 0 aromatic heterocycles. The minimum Gasteiger partial charge on any atom is -0.497 e. The third-order valence-electron chi connectivity index (χ3n) is 3.57. The van der Waals surface area contributed by atoms with E-state index in [-0.39, 0.29) is 0 Å². The molecule has 0 spiro atoms. The van der Waals surface area contributed by atoms with Crippen LogP contribution in [0.2, 0.25) is 0 Å². The first-order valence-electron chi connectivity index (χ1n) is 6.95. The number of rotatable bonds is 3. The molecule has 1 N–H and O–H groups in total. The second-order valence-electron chi connectivity index (χ2n) is 5.05. The van der Waals surface area contributed by atoms with Gasteiger partial charge in [0.15, 0.2) is 0 Å². The Kier molecular flexibility index (Phi) is 4.91. The van der Waals surface area contributed by atoms with E-state index in [9.17, 15) is 0 Å². The van der Waals surface area contributed by atoms with E-state index in [0.717, 1.165) is 36.8 Å². The van der Waals surface area contributed by atoms with Crippen molar-refractivity contribution in [2.75, 3.05) is 38.8 Å². The summed E-state index contributed by atoms with van der Waals surface area (Å²) >= 11 is 0. The van der Waals surface area contributed by atoms with Crippen LogP contribution in [-0.4, -0.2) is 39.9 Å². The van der Waals surface area contributed by atoms with E-state index in [0.29, 0.717) is 6.04 Å². The van der Waals surface area contributed by atoms with Gasteiger partial charge in [-0.1, -0.05) is 0 Å². The highest BCUT2D eigenvalue weighted by Crippen LogP contribution is 2.32. The van der Waals surface area contributed by atoms with Crippen molar-refractivity contribution in [3.63, 3.8) is 0 Å². The zero-order chi connectivity index (χ0) is 13.7. The average Bonchev–Trinajstić information content (AvgIpc) is 2.42. The predicted molar refractivity (Wildman–Crippen MR) is 78.5 cm³/mol. The van der Waals surface area contributed by atoms with Gasteiger partial charge in [0, 0.05) is 25.2 Å². The van der Waals surface area contributed by atoms with Crippen LogP contribution in [0.5, 0.6) is 11.5 Å². The molecule has 2 rings (SSSR count). The highest BCUT2D eigenvalue weighted by Gasteiger charge is 2.17. The van der Waals surface area contributed by atoms with Gasteiger partial charge in [-0.2, -0.15) is 0 Å². The van der Waals surface area contributed by atoms with Crippen LogP contribution in [0, 0.1) is 0 Å². The van der Waals surface area contributed by atoms with E-state index in [1.807, 2.05) is 12.1 Å². The maximum Gasteiger partial charge on any atom is 0.142 e. The maximum atomic E-state index is 5.49. The van der Waals surface area contributed by atoms with Gasteiger partial charge in [-0.15, -0.1) is 0 Å². The molecule has 1 aliphatic heterocycles. The first-order chi connectivity index (χ1) is 9.24. The molecule has 1 aromatic rings. The fourth-order valence-electron chi connectivity index (χ4n) is 2.53. The second kappa shape index (κ2) is 6.66. The van der Waals surface area contributed by atoms with E-state index in [1.165, 1.54) is 12.8 Å². The van der Waals surface area contributed by atoms with Crippen LogP contribution in [0.25, 0.3) is 0 Å². The Labute approximate surface area is 115 Å².